The molecule has 24 heavy (non-hydrogen) atoms. The molecule has 0 bridgehead atoms. The van der Waals surface area contributed by atoms with Gasteiger partial charge < -0.3 is 14.8 Å². The third-order valence-electron chi connectivity index (χ3n) is 2.99. The van der Waals surface area contributed by atoms with Gasteiger partial charge in [-0.05, 0) is 36.8 Å². The second-order valence-electron chi connectivity index (χ2n) is 4.83. The van der Waals surface area contributed by atoms with E-state index in [-0.39, 0.29) is 23.8 Å². The maximum absolute atomic E-state index is 12.3. The predicted octanol–water partition coefficient (Wildman–Crippen LogP) is 4.85. The molecule has 7 heteroatoms. The molecule has 0 atom stereocenters. The number of hydrogen-bond donors (Lipinski definition) is 1. The highest BCUT2D eigenvalue weighted by Crippen LogP contribution is 2.25. The molecular formula is C17H16BrF2NO3. The van der Waals surface area contributed by atoms with Gasteiger partial charge in [0, 0.05) is 10.9 Å². The normalized spacial score (nSPS) is 10.5. The van der Waals surface area contributed by atoms with E-state index in [0.717, 1.165) is 4.47 Å². The van der Waals surface area contributed by atoms with Crippen LogP contribution in [0, 0.1) is 0 Å². The van der Waals surface area contributed by atoms with E-state index in [1.165, 1.54) is 12.1 Å². The standard InChI is InChI=1S/C17H16BrF2NO3/c18-12-5-3-6-13(11-12)23-10-4-9-16(22)21-14-7-1-2-8-15(14)24-17(19)20/h1-3,5-8,11,17H,4,9-10H2,(H,21,22). The summed E-state index contributed by atoms with van der Waals surface area (Å²) in [4.78, 5) is 11.9. The average molecular weight is 400 g/mol. The van der Waals surface area contributed by atoms with Gasteiger partial charge in [0.1, 0.15) is 11.5 Å². The molecule has 0 spiro atoms. The minimum Gasteiger partial charge on any atom is -0.494 e. The first-order valence-electron chi connectivity index (χ1n) is 7.26. The molecule has 0 aromatic heterocycles. The maximum Gasteiger partial charge on any atom is 0.387 e. The fourth-order valence-electron chi connectivity index (χ4n) is 1.96. The fourth-order valence-corrected chi connectivity index (χ4v) is 2.34. The highest BCUT2D eigenvalue weighted by molar-refractivity contribution is 9.10. The smallest absolute Gasteiger partial charge is 0.387 e. The van der Waals surface area contributed by atoms with Crippen LogP contribution in [0.1, 0.15) is 12.8 Å². The molecule has 0 heterocycles. The second kappa shape index (κ2) is 9.22. The molecule has 4 nitrogen and oxygen atoms in total. The lowest BCUT2D eigenvalue weighted by Gasteiger charge is -2.11. The predicted molar refractivity (Wildman–Crippen MR) is 90.6 cm³/mol. The van der Waals surface area contributed by atoms with Crippen molar-refractivity contribution in [1.29, 1.82) is 0 Å². The van der Waals surface area contributed by atoms with Crippen LogP contribution in [0.3, 0.4) is 0 Å². The summed E-state index contributed by atoms with van der Waals surface area (Å²) in [5, 5.41) is 2.56. The maximum atomic E-state index is 12.3. The lowest BCUT2D eigenvalue weighted by atomic mass is 10.2. The summed E-state index contributed by atoms with van der Waals surface area (Å²) in [6.45, 7) is -2.57. The van der Waals surface area contributed by atoms with Gasteiger partial charge >= 0.3 is 6.61 Å². The van der Waals surface area contributed by atoms with Crippen molar-refractivity contribution in [3.8, 4) is 11.5 Å². The number of carbonyl (C=O) groups excluding carboxylic acids is 1. The number of anilines is 1. The summed E-state index contributed by atoms with van der Waals surface area (Å²) in [7, 11) is 0. The van der Waals surface area contributed by atoms with Crippen molar-refractivity contribution in [1.82, 2.24) is 0 Å². The summed E-state index contributed by atoms with van der Waals surface area (Å²) in [6, 6.07) is 13.5. The fraction of sp³-hybridized carbons (Fsp3) is 0.235. The first-order chi connectivity index (χ1) is 11.5. The van der Waals surface area contributed by atoms with Crippen molar-refractivity contribution in [3.63, 3.8) is 0 Å². The van der Waals surface area contributed by atoms with Crippen LogP contribution >= 0.6 is 15.9 Å². The van der Waals surface area contributed by atoms with Crippen LogP contribution in [0.25, 0.3) is 0 Å². The van der Waals surface area contributed by atoms with E-state index in [9.17, 15) is 13.6 Å². The summed E-state index contributed by atoms with van der Waals surface area (Å²) < 4.78 is 35.4. The van der Waals surface area contributed by atoms with Crippen molar-refractivity contribution >= 4 is 27.5 Å². The van der Waals surface area contributed by atoms with Gasteiger partial charge in [-0.1, -0.05) is 34.1 Å². The first-order valence-corrected chi connectivity index (χ1v) is 8.06. The van der Waals surface area contributed by atoms with E-state index in [1.54, 1.807) is 12.1 Å². The summed E-state index contributed by atoms with van der Waals surface area (Å²) >= 11 is 3.35. The minimum atomic E-state index is -2.94. The van der Waals surface area contributed by atoms with Crippen molar-refractivity contribution in [2.24, 2.45) is 0 Å². The van der Waals surface area contributed by atoms with Crippen LogP contribution in [0.5, 0.6) is 11.5 Å². The number of ether oxygens (including phenoxy) is 2. The molecule has 0 radical (unpaired) electrons. The van der Waals surface area contributed by atoms with Gasteiger partial charge in [0.2, 0.25) is 5.91 Å². The summed E-state index contributed by atoms with van der Waals surface area (Å²) in [6.07, 6.45) is 0.702. The van der Waals surface area contributed by atoms with Crippen molar-refractivity contribution in [3.05, 3.63) is 53.0 Å². The van der Waals surface area contributed by atoms with Crippen LogP contribution in [-0.2, 0) is 4.79 Å². The number of alkyl halides is 2. The van der Waals surface area contributed by atoms with E-state index in [4.69, 9.17) is 4.74 Å². The number of carbonyl (C=O) groups is 1. The van der Waals surface area contributed by atoms with E-state index < -0.39 is 6.61 Å². The van der Waals surface area contributed by atoms with Crippen LogP contribution in [-0.4, -0.2) is 19.1 Å². The lowest BCUT2D eigenvalue weighted by Crippen LogP contribution is -2.14. The Balaban J connectivity index is 1.77. The number of para-hydroxylation sites is 2. The van der Waals surface area contributed by atoms with Gasteiger partial charge in [-0.25, -0.2) is 0 Å². The van der Waals surface area contributed by atoms with Gasteiger partial charge in [0.05, 0.1) is 12.3 Å². The quantitative estimate of drug-likeness (QED) is 0.645. The molecule has 0 aliphatic carbocycles. The number of benzene rings is 2. The average Bonchev–Trinajstić information content (AvgIpc) is 2.53. The van der Waals surface area contributed by atoms with Gasteiger partial charge in [-0.2, -0.15) is 8.78 Å². The van der Waals surface area contributed by atoms with Gasteiger partial charge in [0.15, 0.2) is 0 Å². The number of nitrogens with one attached hydrogen (secondary N) is 1. The molecule has 0 saturated carbocycles. The molecule has 0 aliphatic heterocycles. The Bertz CT molecular complexity index is 682. The first kappa shape index (κ1) is 18.2. The zero-order valence-electron chi connectivity index (χ0n) is 12.7. The largest absolute Gasteiger partial charge is 0.494 e. The Morgan fingerprint density at radius 3 is 2.71 bits per heavy atom. The number of amides is 1. The molecule has 0 fully saturated rings. The topological polar surface area (TPSA) is 47.6 Å². The van der Waals surface area contributed by atoms with Gasteiger partial charge in [-0.3, -0.25) is 4.79 Å². The van der Waals surface area contributed by atoms with E-state index in [1.807, 2.05) is 24.3 Å². The van der Waals surface area contributed by atoms with Crippen molar-refractivity contribution in [2.75, 3.05) is 11.9 Å². The third kappa shape index (κ3) is 6.16. The SMILES string of the molecule is O=C(CCCOc1cccc(Br)c1)Nc1ccccc1OC(F)F. The number of halogens is 3. The monoisotopic (exact) mass is 399 g/mol. The second-order valence-corrected chi connectivity index (χ2v) is 5.75. The van der Waals surface area contributed by atoms with E-state index in [2.05, 4.69) is 26.0 Å². The van der Waals surface area contributed by atoms with E-state index in [0.29, 0.717) is 18.8 Å². The third-order valence-corrected chi connectivity index (χ3v) is 3.48. The minimum absolute atomic E-state index is 0.0637. The molecule has 2 aromatic carbocycles. The number of rotatable bonds is 8. The Morgan fingerprint density at radius 2 is 1.96 bits per heavy atom. The summed E-state index contributed by atoms with van der Waals surface area (Å²) in [5.41, 5.74) is 0.218. The van der Waals surface area contributed by atoms with Crippen LogP contribution in [0.2, 0.25) is 0 Å². The summed E-state index contributed by atoms with van der Waals surface area (Å²) in [5.74, 6) is 0.352. The molecule has 0 saturated heterocycles. The highest BCUT2D eigenvalue weighted by atomic mass is 79.9. The van der Waals surface area contributed by atoms with Gasteiger partial charge in [0.25, 0.3) is 0 Å². The van der Waals surface area contributed by atoms with Gasteiger partial charge in [-0.15, -0.1) is 0 Å². The molecule has 0 unspecified atom stereocenters. The zero-order valence-corrected chi connectivity index (χ0v) is 14.3. The van der Waals surface area contributed by atoms with E-state index >= 15 is 0 Å². The molecule has 128 valence electrons. The van der Waals surface area contributed by atoms with Crippen LogP contribution in [0.15, 0.2) is 53.0 Å². The number of hydrogen-bond acceptors (Lipinski definition) is 3. The molecule has 0 aliphatic rings. The van der Waals surface area contributed by atoms with Crippen molar-refractivity contribution < 1.29 is 23.0 Å². The molecule has 2 aromatic rings. The highest BCUT2D eigenvalue weighted by Gasteiger charge is 2.11. The lowest BCUT2D eigenvalue weighted by molar-refractivity contribution is -0.116. The Hall–Kier alpha value is -2.15. The Kier molecular flexibility index (Phi) is 6.99. The molecule has 2 rings (SSSR count). The Morgan fingerprint density at radius 1 is 1.17 bits per heavy atom. The zero-order chi connectivity index (χ0) is 17.4. The van der Waals surface area contributed by atoms with Crippen LogP contribution < -0.4 is 14.8 Å². The Labute approximate surface area is 146 Å². The molecule has 1 amide bonds. The van der Waals surface area contributed by atoms with Crippen molar-refractivity contribution in [2.45, 2.75) is 19.5 Å². The molecule has 1 N–H and O–H groups in total. The van der Waals surface area contributed by atoms with Crippen LogP contribution in [0.4, 0.5) is 14.5 Å². The molecular weight excluding hydrogens is 384 g/mol.